The van der Waals surface area contributed by atoms with Crippen molar-refractivity contribution in [2.75, 3.05) is 13.7 Å². The van der Waals surface area contributed by atoms with E-state index in [1.54, 1.807) is 28.6 Å². The van der Waals surface area contributed by atoms with Crippen molar-refractivity contribution in [1.82, 2.24) is 4.31 Å². The molecular formula is C14H21NO3S. The van der Waals surface area contributed by atoms with Gasteiger partial charge in [-0.25, -0.2) is 8.42 Å². The van der Waals surface area contributed by atoms with Crippen molar-refractivity contribution in [2.45, 2.75) is 43.5 Å². The minimum Gasteiger partial charge on any atom is -0.495 e. The molecule has 0 aromatic heterocycles. The highest BCUT2D eigenvalue weighted by Crippen LogP contribution is 2.31. The van der Waals surface area contributed by atoms with Gasteiger partial charge in [-0.1, -0.05) is 25.5 Å². The van der Waals surface area contributed by atoms with Gasteiger partial charge in [-0.2, -0.15) is 4.31 Å². The maximum absolute atomic E-state index is 12.8. The second kappa shape index (κ2) is 5.92. The monoisotopic (exact) mass is 283 g/mol. The first-order chi connectivity index (χ1) is 9.11. The van der Waals surface area contributed by atoms with Gasteiger partial charge in [0.25, 0.3) is 0 Å². The Morgan fingerprint density at radius 1 is 1.32 bits per heavy atom. The largest absolute Gasteiger partial charge is 0.495 e. The van der Waals surface area contributed by atoms with Crippen LogP contribution in [0.4, 0.5) is 0 Å². The van der Waals surface area contributed by atoms with E-state index < -0.39 is 10.0 Å². The van der Waals surface area contributed by atoms with E-state index in [0.29, 0.717) is 12.3 Å². The van der Waals surface area contributed by atoms with Crippen molar-refractivity contribution < 1.29 is 13.2 Å². The molecule has 1 heterocycles. The van der Waals surface area contributed by atoms with Crippen LogP contribution in [0, 0.1) is 0 Å². The third-order valence-corrected chi connectivity index (χ3v) is 5.69. The maximum atomic E-state index is 12.8. The van der Waals surface area contributed by atoms with Gasteiger partial charge in [-0.3, -0.25) is 0 Å². The van der Waals surface area contributed by atoms with Crippen LogP contribution in [0.25, 0.3) is 0 Å². The quantitative estimate of drug-likeness (QED) is 0.853. The summed E-state index contributed by atoms with van der Waals surface area (Å²) in [4.78, 5) is 0.276. The minimum absolute atomic E-state index is 0.115. The van der Waals surface area contributed by atoms with Crippen LogP contribution in [0.3, 0.4) is 0 Å². The van der Waals surface area contributed by atoms with Crippen LogP contribution in [-0.4, -0.2) is 32.4 Å². The first-order valence-corrected chi connectivity index (χ1v) is 8.20. The van der Waals surface area contributed by atoms with Crippen molar-refractivity contribution in [3.63, 3.8) is 0 Å². The molecule has 1 aliphatic rings. The third kappa shape index (κ3) is 2.77. The topological polar surface area (TPSA) is 46.6 Å². The summed E-state index contributed by atoms with van der Waals surface area (Å²) in [6, 6.07) is 6.95. The maximum Gasteiger partial charge on any atom is 0.247 e. The molecule has 1 aromatic carbocycles. The number of sulfonamides is 1. The second-order valence-electron chi connectivity index (χ2n) is 4.82. The average molecular weight is 283 g/mol. The molecule has 19 heavy (non-hydrogen) atoms. The van der Waals surface area contributed by atoms with E-state index >= 15 is 0 Å². The van der Waals surface area contributed by atoms with Gasteiger partial charge in [0.05, 0.1) is 7.11 Å². The molecule has 4 nitrogen and oxygen atoms in total. The number of piperidine rings is 1. The zero-order valence-corrected chi connectivity index (χ0v) is 12.3. The molecule has 1 saturated heterocycles. The van der Waals surface area contributed by atoms with Crippen molar-refractivity contribution in [3.05, 3.63) is 24.3 Å². The van der Waals surface area contributed by atoms with Crippen LogP contribution in [0.1, 0.15) is 32.6 Å². The first kappa shape index (κ1) is 14.3. The number of rotatable bonds is 4. The van der Waals surface area contributed by atoms with E-state index in [1.807, 2.05) is 6.92 Å². The lowest BCUT2D eigenvalue weighted by Gasteiger charge is -2.34. The number of ether oxygens (including phenoxy) is 1. The molecule has 1 fully saturated rings. The number of nitrogens with zero attached hydrogens (tertiary/aromatic N) is 1. The van der Waals surface area contributed by atoms with Gasteiger partial charge in [0.2, 0.25) is 10.0 Å². The smallest absolute Gasteiger partial charge is 0.247 e. The van der Waals surface area contributed by atoms with Crippen molar-refractivity contribution >= 4 is 10.0 Å². The summed E-state index contributed by atoms with van der Waals surface area (Å²) in [5.74, 6) is 0.419. The van der Waals surface area contributed by atoms with E-state index in [9.17, 15) is 8.42 Å². The van der Waals surface area contributed by atoms with E-state index in [-0.39, 0.29) is 10.9 Å². The van der Waals surface area contributed by atoms with E-state index in [2.05, 4.69) is 0 Å². The van der Waals surface area contributed by atoms with Crippen molar-refractivity contribution in [3.8, 4) is 5.75 Å². The van der Waals surface area contributed by atoms with Crippen LogP contribution in [-0.2, 0) is 10.0 Å². The second-order valence-corrected chi connectivity index (χ2v) is 6.68. The van der Waals surface area contributed by atoms with Crippen LogP contribution >= 0.6 is 0 Å². The molecule has 0 radical (unpaired) electrons. The molecule has 2 rings (SSSR count). The Morgan fingerprint density at radius 2 is 2.05 bits per heavy atom. The zero-order chi connectivity index (χ0) is 13.9. The fourth-order valence-corrected chi connectivity index (χ4v) is 4.58. The van der Waals surface area contributed by atoms with E-state index in [1.165, 1.54) is 7.11 Å². The van der Waals surface area contributed by atoms with Gasteiger partial charge >= 0.3 is 0 Å². The fraction of sp³-hybridized carbons (Fsp3) is 0.571. The Labute approximate surface area is 115 Å². The molecule has 0 amide bonds. The number of para-hydroxylation sites is 1. The third-order valence-electron chi connectivity index (χ3n) is 3.70. The Kier molecular flexibility index (Phi) is 4.47. The molecule has 106 valence electrons. The Hall–Kier alpha value is -1.07. The van der Waals surface area contributed by atoms with Crippen LogP contribution in [0.2, 0.25) is 0 Å². The van der Waals surface area contributed by atoms with Crippen LogP contribution in [0.5, 0.6) is 5.75 Å². The summed E-state index contributed by atoms with van der Waals surface area (Å²) in [5, 5.41) is 0. The molecule has 1 unspecified atom stereocenters. The highest BCUT2D eigenvalue weighted by molar-refractivity contribution is 7.89. The molecule has 5 heteroatoms. The highest BCUT2D eigenvalue weighted by Gasteiger charge is 2.34. The fourth-order valence-electron chi connectivity index (χ4n) is 2.66. The molecule has 1 aromatic rings. The molecule has 0 N–H and O–H groups in total. The average Bonchev–Trinajstić information content (AvgIpc) is 2.47. The summed E-state index contributed by atoms with van der Waals surface area (Å²) in [5.41, 5.74) is 0. The van der Waals surface area contributed by atoms with Gasteiger partial charge in [-0.15, -0.1) is 0 Å². The molecule has 0 aliphatic carbocycles. The normalized spacial score (nSPS) is 21.3. The van der Waals surface area contributed by atoms with Crippen molar-refractivity contribution in [2.24, 2.45) is 0 Å². The SMILES string of the molecule is CCC1CCCCN1S(=O)(=O)c1ccccc1OC. The van der Waals surface area contributed by atoms with Crippen LogP contribution in [0.15, 0.2) is 29.2 Å². The lowest BCUT2D eigenvalue weighted by atomic mass is 10.0. The van der Waals surface area contributed by atoms with Crippen LogP contribution < -0.4 is 4.74 Å². The van der Waals surface area contributed by atoms with Gasteiger partial charge in [0.15, 0.2) is 0 Å². The summed E-state index contributed by atoms with van der Waals surface area (Å²) < 4.78 is 32.4. The van der Waals surface area contributed by atoms with Gasteiger partial charge in [0.1, 0.15) is 10.6 Å². The Morgan fingerprint density at radius 3 is 2.74 bits per heavy atom. The minimum atomic E-state index is -3.46. The predicted octanol–water partition coefficient (Wildman–Crippen LogP) is 2.65. The summed E-state index contributed by atoms with van der Waals surface area (Å²) in [6.07, 6.45) is 3.85. The van der Waals surface area contributed by atoms with Gasteiger partial charge < -0.3 is 4.74 Å². The zero-order valence-electron chi connectivity index (χ0n) is 11.5. The highest BCUT2D eigenvalue weighted by atomic mass is 32.2. The standard InChI is InChI=1S/C14H21NO3S/c1-3-12-8-6-7-11-15(12)19(16,17)14-10-5-4-9-13(14)18-2/h4-5,9-10,12H,3,6-8,11H2,1-2H3. The molecule has 1 atom stereocenters. The first-order valence-electron chi connectivity index (χ1n) is 6.76. The molecular weight excluding hydrogens is 262 g/mol. The Balaban J connectivity index is 2.40. The molecule has 0 spiro atoms. The Bertz CT molecular complexity index is 527. The van der Waals surface area contributed by atoms with Gasteiger partial charge in [-0.05, 0) is 31.4 Å². The molecule has 1 aliphatic heterocycles. The molecule has 0 saturated carbocycles. The lowest BCUT2D eigenvalue weighted by Crippen LogP contribution is -2.43. The number of hydrogen-bond donors (Lipinski definition) is 0. The molecule has 0 bridgehead atoms. The summed E-state index contributed by atoms with van der Waals surface area (Å²) >= 11 is 0. The van der Waals surface area contributed by atoms with Gasteiger partial charge in [0, 0.05) is 12.6 Å². The van der Waals surface area contributed by atoms with E-state index in [4.69, 9.17) is 4.74 Å². The number of methoxy groups -OCH3 is 1. The predicted molar refractivity (Wildman–Crippen MR) is 74.8 cm³/mol. The van der Waals surface area contributed by atoms with Crippen molar-refractivity contribution in [1.29, 1.82) is 0 Å². The van der Waals surface area contributed by atoms with E-state index in [0.717, 1.165) is 25.7 Å². The summed E-state index contributed by atoms with van der Waals surface area (Å²) in [7, 11) is -1.96. The lowest BCUT2D eigenvalue weighted by molar-refractivity contribution is 0.246. The number of benzene rings is 1. The number of hydrogen-bond acceptors (Lipinski definition) is 3. The summed E-state index contributed by atoms with van der Waals surface area (Å²) in [6.45, 7) is 2.65.